The summed E-state index contributed by atoms with van der Waals surface area (Å²) in [5.74, 6) is 0. The van der Waals surface area contributed by atoms with Crippen LogP contribution in [0, 0.1) is 0 Å². The molecule has 1 aliphatic carbocycles. The summed E-state index contributed by atoms with van der Waals surface area (Å²) in [6, 6.07) is 0. The molecule has 0 radical (unpaired) electrons. The van der Waals surface area contributed by atoms with Gasteiger partial charge in [0.1, 0.15) is 0 Å². The van der Waals surface area contributed by atoms with Gasteiger partial charge in [-0.3, -0.25) is 0 Å². The van der Waals surface area contributed by atoms with E-state index in [2.05, 4.69) is 0 Å². The smallest absolute Gasteiger partial charge is 1.00 e. The van der Waals surface area contributed by atoms with Crippen LogP contribution in [0.3, 0.4) is 0 Å². The zero-order valence-electron chi connectivity index (χ0n) is 6.81. The molecule has 7 heteroatoms. The Hall–Kier alpha value is 0.900. The summed E-state index contributed by atoms with van der Waals surface area (Å²) in [5, 5.41) is 0. The predicted molar refractivity (Wildman–Crippen MR) is 29.9 cm³/mol. The number of hydrogen-bond acceptors (Lipinski definition) is 1. The van der Waals surface area contributed by atoms with Gasteiger partial charge < -0.3 is 5.98 Å². The van der Waals surface area contributed by atoms with Crippen LogP contribution in [0.2, 0.25) is 0 Å². The van der Waals surface area contributed by atoms with Crippen LogP contribution in [0.5, 0.6) is 0 Å². The van der Waals surface area contributed by atoms with Gasteiger partial charge in [-0.2, -0.15) is 13.2 Å². The molecular weight excluding hydrogens is 192 g/mol. The van der Waals surface area contributed by atoms with Crippen LogP contribution in [0.15, 0.2) is 0 Å². The van der Waals surface area contributed by atoms with Gasteiger partial charge in [0.05, 0.1) is 0 Å². The van der Waals surface area contributed by atoms with Crippen LogP contribution in [0.4, 0.5) is 13.2 Å². The Morgan fingerprint density at radius 2 is 1.82 bits per heavy atom. The van der Waals surface area contributed by atoms with Crippen molar-refractivity contribution in [3.63, 3.8) is 0 Å². The molecule has 0 amide bonds. The van der Waals surface area contributed by atoms with Crippen molar-refractivity contribution in [1.29, 1.82) is 0 Å². The van der Waals surface area contributed by atoms with Crippen LogP contribution >= 0.6 is 0 Å². The van der Waals surface area contributed by atoms with E-state index in [1.165, 1.54) is 0 Å². The van der Waals surface area contributed by atoms with E-state index in [-0.39, 0.29) is 43.8 Å². The summed E-state index contributed by atoms with van der Waals surface area (Å²) in [4.78, 5) is 0. The minimum atomic E-state index is -4.52. The van der Waals surface area contributed by atoms with Crippen molar-refractivity contribution in [3.8, 4) is 0 Å². The monoisotopic (exact) mass is 198 g/mol. The maximum absolute atomic E-state index is 11.8. The van der Waals surface area contributed by atoms with Crippen LogP contribution in [0.25, 0.3) is 0 Å². The summed E-state index contributed by atoms with van der Waals surface area (Å²) < 4.78 is 51.4. The van der Waals surface area contributed by atoms with E-state index in [1.807, 2.05) is 0 Å². The standard InChI is InChI=1S/C4H5F3O2S.Na.H/c5-4(6,7)3(1-2-3)10(8)9;;/h1-2H2,(H,8,9);;/q;+1;-1. The van der Waals surface area contributed by atoms with E-state index < -0.39 is 22.0 Å². The zero-order valence-corrected chi connectivity index (χ0v) is 8.63. The number of hydrogen-bond donors (Lipinski definition) is 1. The molecule has 1 atom stereocenters. The molecule has 0 saturated heterocycles. The van der Waals surface area contributed by atoms with Crippen molar-refractivity contribution >= 4 is 11.1 Å². The molecule has 0 spiro atoms. The van der Waals surface area contributed by atoms with Crippen LogP contribution in [0.1, 0.15) is 14.3 Å². The summed E-state index contributed by atoms with van der Waals surface area (Å²) in [7, 11) is 0. The van der Waals surface area contributed by atoms with E-state index in [1.54, 1.807) is 0 Å². The molecule has 0 aromatic heterocycles. The molecule has 11 heavy (non-hydrogen) atoms. The van der Waals surface area contributed by atoms with E-state index in [9.17, 15) is 17.4 Å². The Morgan fingerprint density at radius 1 is 1.45 bits per heavy atom. The molecule has 0 heterocycles. The Bertz CT molecular complexity index is 182. The molecule has 1 rings (SSSR count). The molecule has 0 aromatic rings. The van der Waals surface area contributed by atoms with Gasteiger partial charge in [0.25, 0.3) is 0 Å². The van der Waals surface area contributed by atoms with Gasteiger partial charge in [-0.25, -0.2) is 4.21 Å². The number of alkyl halides is 3. The molecule has 1 saturated carbocycles. The Balaban J connectivity index is 0. The molecule has 1 N–H and O–H groups in total. The number of rotatable bonds is 1. The first-order chi connectivity index (χ1) is 4.40. The fraction of sp³-hybridized carbons (Fsp3) is 1.00. The Morgan fingerprint density at radius 3 is 1.82 bits per heavy atom. The minimum absolute atomic E-state index is 0. The average molecular weight is 198 g/mol. The van der Waals surface area contributed by atoms with Crippen molar-refractivity contribution in [3.05, 3.63) is 0 Å². The first kappa shape index (κ1) is 11.9. The fourth-order valence-electron chi connectivity index (χ4n) is 0.671. The van der Waals surface area contributed by atoms with Gasteiger partial charge in [0, 0.05) is 0 Å². The summed E-state index contributed by atoms with van der Waals surface area (Å²) in [5.41, 5.74) is 0. The maximum Gasteiger partial charge on any atom is 1.00 e. The van der Waals surface area contributed by atoms with Gasteiger partial charge in [-0.15, -0.1) is 0 Å². The van der Waals surface area contributed by atoms with Crippen molar-refractivity contribution < 1.29 is 52.9 Å². The maximum atomic E-state index is 11.8. The largest absolute Gasteiger partial charge is 1.00 e. The first-order valence-corrected chi connectivity index (χ1v) is 3.68. The topological polar surface area (TPSA) is 37.3 Å². The second kappa shape index (κ2) is 3.33. The predicted octanol–water partition coefficient (Wildman–Crippen LogP) is -1.58. The molecule has 2 nitrogen and oxygen atoms in total. The SMILES string of the molecule is O=S(O)C1(C(F)(F)F)CC1.[H-].[Na+]. The zero-order chi connectivity index (χ0) is 7.99. The van der Waals surface area contributed by atoms with Crippen molar-refractivity contribution in [2.75, 3.05) is 0 Å². The Labute approximate surface area is 87.6 Å². The van der Waals surface area contributed by atoms with Gasteiger partial charge in [0.15, 0.2) is 15.8 Å². The van der Waals surface area contributed by atoms with E-state index in [0.717, 1.165) is 0 Å². The van der Waals surface area contributed by atoms with Crippen molar-refractivity contribution in [2.24, 2.45) is 0 Å². The molecule has 0 aromatic carbocycles. The molecular formula is C4H6F3NaO2S. The third-order valence-electron chi connectivity index (χ3n) is 1.56. The number of halogens is 3. The average Bonchev–Trinajstić information content (AvgIpc) is 2.36. The fourth-order valence-corrected chi connectivity index (χ4v) is 1.32. The second-order valence-electron chi connectivity index (χ2n) is 2.24. The van der Waals surface area contributed by atoms with Crippen LogP contribution < -0.4 is 29.6 Å². The molecule has 62 valence electrons. The van der Waals surface area contributed by atoms with Gasteiger partial charge in [-0.1, -0.05) is 0 Å². The normalized spacial score (nSPS) is 23.6. The molecule has 0 aliphatic heterocycles. The van der Waals surface area contributed by atoms with Gasteiger partial charge >= 0.3 is 35.7 Å². The summed E-state index contributed by atoms with van der Waals surface area (Å²) in [6.45, 7) is 0. The van der Waals surface area contributed by atoms with Gasteiger partial charge in [0.2, 0.25) is 0 Å². The third-order valence-corrected chi connectivity index (χ3v) is 2.86. The van der Waals surface area contributed by atoms with E-state index in [0.29, 0.717) is 0 Å². The molecule has 1 unspecified atom stereocenters. The van der Waals surface area contributed by atoms with E-state index in [4.69, 9.17) is 4.55 Å². The third kappa shape index (κ3) is 1.98. The molecule has 0 bridgehead atoms. The first-order valence-electron chi connectivity index (χ1n) is 2.58. The minimum Gasteiger partial charge on any atom is -1.00 e. The summed E-state index contributed by atoms with van der Waals surface area (Å²) >= 11 is -2.76. The van der Waals surface area contributed by atoms with Crippen molar-refractivity contribution in [1.82, 2.24) is 0 Å². The second-order valence-corrected chi connectivity index (χ2v) is 3.52. The Kier molecular flexibility index (Phi) is 3.61. The van der Waals surface area contributed by atoms with Crippen LogP contribution in [-0.2, 0) is 11.1 Å². The quantitative estimate of drug-likeness (QED) is 0.408. The van der Waals surface area contributed by atoms with E-state index >= 15 is 0 Å². The summed E-state index contributed by atoms with van der Waals surface area (Å²) in [6.07, 6.45) is -4.97. The molecule has 1 fully saturated rings. The van der Waals surface area contributed by atoms with Crippen LogP contribution in [-0.4, -0.2) is 19.7 Å². The van der Waals surface area contributed by atoms with Crippen molar-refractivity contribution in [2.45, 2.75) is 23.8 Å². The van der Waals surface area contributed by atoms with Gasteiger partial charge in [-0.05, 0) is 12.8 Å². The molecule has 1 aliphatic rings.